The second-order valence-electron chi connectivity index (χ2n) is 5.85. The molecule has 1 fully saturated rings. The van der Waals surface area contributed by atoms with Gasteiger partial charge in [-0.25, -0.2) is 4.79 Å². The summed E-state index contributed by atoms with van der Waals surface area (Å²) < 4.78 is 1.28. The molecule has 0 aliphatic heterocycles. The van der Waals surface area contributed by atoms with Crippen LogP contribution in [0.2, 0.25) is 5.15 Å². The van der Waals surface area contributed by atoms with Crippen LogP contribution in [0, 0.1) is 0 Å². The standard InChI is InChI=1S/C15H24ClN3O2/c1-3-6-12-13(16)17-15(21)19(14(12)20)10-9-18(2)11-7-4-5-8-11/h11H,3-10H2,1-2H3,(H,17,21). The molecule has 2 rings (SSSR count). The third-order valence-corrected chi connectivity index (χ3v) is 4.68. The Hall–Kier alpha value is -1.07. The summed E-state index contributed by atoms with van der Waals surface area (Å²) >= 11 is 5.97. The fraction of sp³-hybridized carbons (Fsp3) is 0.733. The molecular formula is C15H24ClN3O2. The van der Waals surface area contributed by atoms with E-state index in [0.717, 1.165) is 6.42 Å². The smallest absolute Gasteiger partial charge is 0.302 e. The van der Waals surface area contributed by atoms with E-state index in [-0.39, 0.29) is 10.7 Å². The van der Waals surface area contributed by atoms with Gasteiger partial charge in [0.15, 0.2) is 0 Å². The Kier molecular flexibility index (Phi) is 5.65. The van der Waals surface area contributed by atoms with Crippen LogP contribution in [-0.4, -0.2) is 34.1 Å². The Morgan fingerprint density at radius 3 is 2.62 bits per heavy atom. The maximum Gasteiger partial charge on any atom is 0.329 e. The molecule has 0 unspecified atom stereocenters. The van der Waals surface area contributed by atoms with Crippen molar-refractivity contribution in [2.75, 3.05) is 13.6 Å². The van der Waals surface area contributed by atoms with Crippen LogP contribution in [0.3, 0.4) is 0 Å². The molecule has 21 heavy (non-hydrogen) atoms. The van der Waals surface area contributed by atoms with Crippen molar-refractivity contribution in [2.45, 2.75) is 58.0 Å². The predicted molar refractivity (Wildman–Crippen MR) is 85.2 cm³/mol. The Morgan fingerprint density at radius 1 is 1.33 bits per heavy atom. The second-order valence-corrected chi connectivity index (χ2v) is 6.23. The Labute approximate surface area is 129 Å². The zero-order valence-electron chi connectivity index (χ0n) is 12.8. The van der Waals surface area contributed by atoms with E-state index in [9.17, 15) is 9.59 Å². The number of H-pyrrole nitrogens is 1. The average molecular weight is 314 g/mol. The number of nitrogens with one attached hydrogen (secondary N) is 1. The lowest BCUT2D eigenvalue weighted by molar-refractivity contribution is 0.234. The lowest BCUT2D eigenvalue weighted by Gasteiger charge is -2.24. The summed E-state index contributed by atoms with van der Waals surface area (Å²) in [6.07, 6.45) is 6.39. The fourth-order valence-corrected chi connectivity index (χ4v) is 3.30. The van der Waals surface area contributed by atoms with Gasteiger partial charge in [0.1, 0.15) is 5.15 Å². The number of aromatic nitrogens is 2. The Balaban J connectivity index is 2.14. The van der Waals surface area contributed by atoms with E-state index >= 15 is 0 Å². The van der Waals surface area contributed by atoms with Gasteiger partial charge in [0.25, 0.3) is 5.56 Å². The molecule has 0 saturated heterocycles. The topological polar surface area (TPSA) is 58.1 Å². The minimum atomic E-state index is -0.412. The molecular weight excluding hydrogens is 290 g/mol. The minimum absolute atomic E-state index is 0.187. The van der Waals surface area contributed by atoms with Crippen molar-refractivity contribution in [1.82, 2.24) is 14.5 Å². The molecule has 1 aliphatic carbocycles. The van der Waals surface area contributed by atoms with Gasteiger partial charge in [-0.3, -0.25) is 14.3 Å². The van der Waals surface area contributed by atoms with Crippen LogP contribution in [0.5, 0.6) is 0 Å². The lowest BCUT2D eigenvalue weighted by atomic mass is 10.2. The molecule has 1 aliphatic rings. The second kappa shape index (κ2) is 7.27. The third kappa shape index (κ3) is 3.77. The average Bonchev–Trinajstić information content (AvgIpc) is 2.97. The van der Waals surface area contributed by atoms with Crippen molar-refractivity contribution in [2.24, 2.45) is 0 Å². The van der Waals surface area contributed by atoms with Crippen LogP contribution in [0.25, 0.3) is 0 Å². The molecule has 0 atom stereocenters. The van der Waals surface area contributed by atoms with E-state index < -0.39 is 5.69 Å². The molecule has 6 heteroatoms. The zero-order valence-corrected chi connectivity index (χ0v) is 13.6. The largest absolute Gasteiger partial charge is 0.329 e. The highest BCUT2D eigenvalue weighted by Crippen LogP contribution is 2.22. The van der Waals surface area contributed by atoms with Gasteiger partial charge in [-0.05, 0) is 26.3 Å². The summed E-state index contributed by atoms with van der Waals surface area (Å²) in [4.78, 5) is 29.2. The molecule has 0 radical (unpaired) electrons. The maximum absolute atomic E-state index is 12.4. The van der Waals surface area contributed by atoms with E-state index in [1.807, 2.05) is 6.92 Å². The van der Waals surface area contributed by atoms with Crippen molar-refractivity contribution in [1.29, 1.82) is 0 Å². The number of halogens is 1. The molecule has 0 spiro atoms. The van der Waals surface area contributed by atoms with Gasteiger partial charge in [-0.2, -0.15) is 0 Å². The first kappa shape index (κ1) is 16.3. The Bertz CT molecular complexity index is 588. The van der Waals surface area contributed by atoms with Crippen molar-refractivity contribution in [3.63, 3.8) is 0 Å². The minimum Gasteiger partial charge on any atom is -0.302 e. The first-order valence-electron chi connectivity index (χ1n) is 7.76. The van der Waals surface area contributed by atoms with Gasteiger partial charge in [0.05, 0.1) is 5.56 Å². The number of nitrogens with zero attached hydrogens (tertiary/aromatic N) is 2. The first-order valence-corrected chi connectivity index (χ1v) is 8.14. The van der Waals surface area contributed by atoms with Crippen molar-refractivity contribution >= 4 is 11.6 Å². The number of likely N-dealkylation sites (N-methyl/N-ethyl adjacent to an activating group) is 1. The van der Waals surface area contributed by atoms with Crippen LogP contribution < -0.4 is 11.2 Å². The summed E-state index contributed by atoms with van der Waals surface area (Å²) in [5, 5.41) is 0.187. The lowest BCUT2D eigenvalue weighted by Crippen LogP contribution is -2.41. The van der Waals surface area contributed by atoms with E-state index in [4.69, 9.17) is 11.6 Å². The quantitative estimate of drug-likeness (QED) is 0.817. The number of rotatable bonds is 6. The van der Waals surface area contributed by atoms with Crippen molar-refractivity contribution < 1.29 is 0 Å². The van der Waals surface area contributed by atoms with Crippen molar-refractivity contribution in [3.05, 3.63) is 31.6 Å². The van der Waals surface area contributed by atoms with Crippen LogP contribution >= 0.6 is 11.6 Å². The summed E-state index contributed by atoms with van der Waals surface area (Å²) in [7, 11) is 2.07. The van der Waals surface area contributed by atoms with Gasteiger partial charge in [0, 0.05) is 19.1 Å². The van der Waals surface area contributed by atoms with Gasteiger partial charge in [-0.15, -0.1) is 0 Å². The highest BCUT2D eigenvalue weighted by Gasteiger charge is 2.20. The maximum atomic E-state index is 12.4. The van der Waals surface area contributed by atoms with Crippen LogP contribution in [0.15, 0.2) is 9.59 Å². The van der Waals surface area contributed by atoms with Gasteiger partial charge < -0.3 is 4.90 Å². The van der Waals surface area contributed by atoms with E-state index in [0.29, 0.717) is 31.1 Å². The van der Waals surface area contributed by atoms with Crippen LogP contribution in [0.4, 0.5) is 0 Å². The van der Waals surface area contributed by atoms with E-state index in [2.05, 4.69) is 16.9 Å². The number of hydrogen-bond acceptors (Lipinski definition) is 3. The molecule has 1 aromatic heterocycles. The molecule has 0 amide bonds. The molecule has 5 nitrogen and oxygen atoms in total. The summed E-state index contributed by atoms with van der Waals surface area (Å²) in [5.74, 6) is 0. The molecule has 1 aromatic rings. The van der Waals surface area contributed by atoms with Gasteiger partial charge >= 0.3 is 5.69 Å². The molecule has 118 valence electrons. The summed E-state index contributed by atoms with van der Waals surface area (Å²) in [6.45, 7) is 3.11. The normalized spacial score (nSPS) is 16.0. The molecule has 1 N–H and O–H groups in total. The zero-order chi connectivity index (χ0) is 15.4. The monoisotopic (exact) mass is 313 g/mol. The van der Waals surface area contributed by atoms with E-state index in [1.54, 1.807) is 0 Å². The number of hydrogen-bond donors (Lipinski definition) is 1. The first-order chi connectivity index (χ1) is 10.0. The third-order valence-electron chi connectivity index (χ3n) is 4.35. The number of aromatic amines is 1. The Morgan fingerprint density at radius 2 is 2.00 bits per heavy atom. The van der Waals surface area contributed by atoms with Crippen molar-refractivity contribution in [3.8, 4) is 0 Å². The molecule has 1 heterocycles. The molecule has 0 aromatic carbocycles. The summed E-state index contributed by atoms with van der Waals surface area (Å²) in [6, 6.07) is 0.585. The SMILES string of the molecule is CCCc1c(Cl)[nH]c(=O)n(CCN(C)C2CCCC2)c1=O. The van der Waals surface area contributed by atoms with Crippen LogP contribution in [0.1, 0.15) is 44.6 Å². The molecule has 0 bridgehead atoms. The van der Waals surface area contributed by atoms with Crippen LogP contribution in [-0.2, 0) is 13.0 Å². The highest BCUT2D eigenvalue weighted by atomic mass is 35.5. The predicted octanol–water partition coefficient (Wildman–Crippen LogP) is 2.02. The van der Waals surface area contributed by atoms with Gasteiger partial charge in [0.2, 0.25) is 0 Å². The summed E-state index contributed by atoms with van der Waals surface area (Å²) in [5.41, 5.74) is -0.141. The fourth-order valence-electron chi connectivity index (χ4n) is 3.04. The highest BCUT2D eigenvalue weighted by molar-refractivity contribution is 6.30. The molecule has 1 saturated carbocycles. The van der Waals surface area contributed by atoms with E-state index in [1.165, 1.54) is 30.3 Å². The van der Waals surface area contributed by atoms with Gasteiger partial charge in [-0.1, -0.05) is 37.8 Å².